The maximum absolute atomic E-state index is 12.8. The third-order valence-electron chi connectivity index (χ3n) is 4.00. The number of aromatic nitrogens is 4. The van der Waals surface area contributed by atoms with Crippen molar-refractivity contribution in [3.63, 3.8) is 0 Å². The van der Waals surface area contributed by atoms with E-state index in [0.717, 1.165) is 29.0 Å². The van der Waals surface area contributed by atoms with Gasteiger partial charge in [0, 0.05) is 28.5 Å². The van der Waals surface area contributed by atoms with Crippen LogP contribution in [0.15, 0.2) is 23.5 Å². The van der Waals surface area contributed by atoms with Gasteiger partial charge in [-0.15, -0.1) is 0 Å². The van der Waals surface area contributed by atoms with Crippen LogP contribution in [0.5, 0.6) is 11.6 Å². The maximum atomic E-state index is 12.8. The fraction of sp³-hybridized carbons (Fsp3) is 0.389. The van der Waals surface area contributed by atoms with E-state index in [1.165, 1.54) is 0 Å². The molecule has 1 N–H and O–H groups in total. The third-order valence-corrected chi connectivity index (χ3v) is 5.16. The van der Waals surface area contributed by atoms with Crippen LogP contribution in [0.2, 0.25) is 0 Å². The molecule has 7 nitrogen and oxygen atoms in total. The van der Waals surface area contributed by atoms with Crippen molar-refractivity contribution in [1.82, 2.24) is 19.9 Å². The number of H-pyrrole nitrogens is 1. The molecule has 0 aromatic carbocycles. The number of pyridine rings is 2. The van der Waals surface area contributed by atoms with Crippen LogP contribution in [-0.4, -0.2) is 38.2 Å². The molecule has 0 spiro atoms. The zero-order valence-corrected chi connectivity index (χ0v) is 16.1. The van der Waals surface area contributed by atoms with Gasteiger partial charge in [0.2, 0.25) is 5.88 Å². The van der Waals surface area contributed by atoms with Crippen LogP contribution >= 0.6 is 0 Å². The van der Waals surface area contributed by atoms with E-state index in [9.17, 15) is 4.55 Å². The van der Waals surface area contributed by atoms with Crippen molar-refractivity contribution in [2.24, 2.45) is 0 Å². The molecular weight excluding hydrogens is 352 g/mol. The smallest absolute Gasteiger partial charge is 0.323 e. The lowest BCUT2D eigenvalue weighted by molar-refractivity contribution is 0.304. The number of aromatic amines is 1. The molecule has 1 atom stereocenters. The highest BCUT2D eigenvalue weighted by Gasteiger charge is 2.21. The molecule has 3 heterocycles. The molecule has 0 fully saturated rings. The van der Waals surface area contributed by atoms with E-state index in [1.54, 1.807) is 19.4 Å². The zero-order valence-electron chi connectivity index (χ0n) is 15.3. The number of nitrogens with zero attached hydrogens (tertiary/aromatic N) is 3. The molecule has 0 aliphatic carbocycles. The largest absolute Gasteiger partial charge is 0.609 e. The molecule has 3 aromatic rings. The lowest BCUT2D eigenvalue weighted by Gasteiger charge is -2.10. The van der Waals surface area contributed by atoms with Crippen molar-refractivity contribution in [3.8, 4) is 11.6 Å². The Morgan fingerprint density at radius 2 is 2.08 bits per heavy atom. The summed E-state index contributed by atoms with van der Waals surface area (Å²) in [4.78, 5) is 16.3. The van der Waals surface area contributed by atoms with Gasteiger partial charge in [0.05, 0.1) is 19.4 Å². The minimum absolute atomic E-state index is 0.251. The summed E-state index contributed by atoms with van der Waals surface area (Å²) in [5.74, 6) is 1.55. The summed E-state index contributed by atoms with van der Waals surface area (Å²) in [5, 5.41) is 0.378. The molecule has 1 unspecified atom stereocenters. The molecule has 0 saturated heterocycles. The summed E-state index contributed by atoms with van der Waals surface area (Å²) in [7, 11) is 1.61. The van der Waals surface area contributed by atoms with E-state index in [1.807, 2.05) is 26.8 Å². The second kappa shape index (κ2) is 7.92. The predicted octanol–water partition coefficient (Wildman–Crippen LogP) is 3.07. The number of hydrogen-bond acceptors (Lipinski definition) is 6. The molecule has 138 valence electrons. The van der Waals surface area contributed by atoms with E-state index in [4.69, 9.17) is 9.47 Å². The number of methoxy groups -OCH3 is 1. The topological polar surface area (TPSA) is 96.0 Å². The number of rotatable bonds is 7. The van der Waals surface area contributed by atoms with Gasteiger partial charge in [-0.2, -0.15) is 9.97 Å². The Balaban J connectivity index is 1.85. The molecule has 0 radical (unpaired) electrons. The second-order valence-electron chi connectivity index (χ2n) is 5.94. The molecule has 0 aliphatic rings. The van der Waals surface area contributed by atoms with Crippen LogP contribution in [0.4, 0.5) is 0 Å². The fourth-order valence-corrected chi connectivity index (χ4v) is 3.66. The summed E-state index contributed by atoms with van der Waals surface area (Å²) < 4.78 is 23.7. The van der Waals surface area contributed by atoms with E-state index in [0.29, 0.717) is 28.8 Å². The van der Waals surface area contributed by atoms with Crippen LogP contribution in [-0.2, 0) is 16.9 Å². The van der Waals surface area contributed by atoms with Crippen molar-refractivity contribution >= 4 is 22.3 Å². The molecule has 0 bridgehead atoms. The number of imidazole rings is 1. The number of fused-ring (bicyclic) bond motifs is 1. The molecule has 3 aromatic heterocycles. The molecule has 0 saturated carbocycles. The summed E-state index contributed by atoms with van der Waals surface area (Å²) in [5.41, 5.74) is 3.74. The Labute approximate surface area is 155 Å². The standard InChI is InChI=1S/C18H22N4O3S/c1-5-8-25-17-11(2)9-13-16(21-17)22-18(20-13)26(23)10-14-12(3)15(24-4)6-7-19-14/h6-7,9H,5,8,10H2,1-4H3,(H,20,21,22). The summed E-state index contributed by atoms with van der Waals surface area (Å²) >= 11 is -1.37. The van der Waals surface area contributed by atoms with Gasteiger partial charge in [0.25, 0.3) is 0 Å². The molecule has 3 rings (SSSR count). The Morgan fingerprint density at radius 1 is 1.27 bits per heavy atom. The van der Waals surface area contributed by atoms with Crippen molar-refractivity contribution in [1.29, 1.82) is 0 Å². The van der Waals surface area contributed by atoms with Crippen molar-refractivity contribution in [2.45, 2.75) is 38.1 Å². The first-order valence-corrected chi connectivity index (χ1v) is 9.72. The average Bonchev–Trinajstić information content (AvgIpc) is 3.04. The minimum atomic E-state index is -1.37. The number of hydrogen-bond donors (Lipinski definition) is 1. The van der Waals surface area contributed by atoms with Gasteiger partial charge in [0.15, 0.2) is 11.4 Å². The Kier molecular flexibility index (Phi) is 5.63. The second-order valence-corrected chi connectivity index (χ2v) is 7.31. The van der Waals surface area contributed by atoms with Gasteiger partial charge in [-0.25, -0.2) is 0 Å². The minimum Gasteiger partial charge on any atom is -0.609 e. The summed E-state index contributed by atoms with van der Waals surface area (Å²) in [6.45, 7) is 6.47. The molecule has 0 amide bonds. The van der Waals surface area contributed by atoms with E-state index in [2.05, 4.69) is 19.9 Å². The SMILES string of the molecule is CCCOc1nc2[nH]c([S+]([O-])Cc3nccc(OC)c3C)nc2cc1C. The van der Waals surface area contributed by atoms with Gasteiger partial charge in [-0.05, 0) is 32.4 Å². The lowest BCUT2D eigenvalue weighted by atomic mass is 10.2. The van der Waals surface area contributed by atoms with Crippen LogP contribution < -0.4 is 9.47 Å². The Bertz CT molecular complexity index is 913. The Morgan fingerprint density at radius 3 is 2.81 bits per heavy atom. The van der Waals surface area contributed by atoms with E-state index < -0.39 is 11.2 Å². The number of nitrogens with one attached hydrogen (secondary N) is 1. The van der Waals surface area contributed by atoms with Crippen LogP contribution in [0.1, 0.15) is 30.2 Å². The number of ether oxygens (including phenoxy) is 2. The highest BCUT2D eigenvalue weighted by atomic mass is 32.2. The summed E-state index contributed by atoms with van der Waals surface area (Å²) in [6.07, 6.45) is 2.56. The predicted molar refractivity (Wildman–Crippen MR) is 100 cm³/mol. The highest BCUT2D eigenvalue weighted by molar-refractivity contribution is 7.90. The normalized spacial score (nSPS) is 12.3. The van der Waals surface area contributed by atoms with Gasteiger partial charge in [0.1, 0.15) is 11.3 Å². The van der Waals surface area contributed by atoms with Crippen LogP contribution in [0.25, 0.3) is 11.2 Å². The molecule has 26 heavy (non-hydrogen) atoms. The Hall–Kier alpha value is -2.32. The van der Waals surface area contributed by atoms with Crippen LogP contribution in [0, 0.1) is 13.8 Å². The van der Waals surface area contributed by atoms with E-state index >= 15 is 0 Å². The first kappa shape index (κ1) is 18.5. The van der Waals surface area contributed by atoms with Gasteiger partial charge >= 0.3 is 5.16 Å². The van der Waals surface area contributed by atoms with E-state index in [-0.39, 0.29) is 5.75 Å². The lowest BCUT2D eigenvalue weighted by Crippen LogP contribution is -2.10. The summed E-state index contributed by atoms with van der Waals surface area (Å²) in [6, 6.07) is 3.67. The average molecular weight is 374 g/mol. The van der Waals surface area contributed by atoms with Crippen molar-refractivity contribution in [2.75, 3.05) is 13.7 Å². The van der Waals surface area contributed by atoms with Crippen molar-refractivity contribution in [3.05, 3.63) is 35.2 Å². The van der Waals surface area contributed by atoms with Gasteiger partial charge in [-0.3, -0.25) is 9.97 Å². The first-order valence-electron chi connectivity index (χ1n) is 8.40. The zero-order chi connectivity index (χ0) is 18.7. The highest BCUT2D eigenvalue weighted by Crippen LogP contribution is 2.25. The van der Waals surface area contributed by atoms with Gasteiger partial charge < -0.3 is 14.0 Å². The molecule has 0 aliphatic heterocycles. The van der Waals surface area contributed by atoms with Crippen molar-refractivity contribution < 1.29 is 14.0 Å². The van der Waals surface area contributed by atoms with Gasteiger partial charge in [-0.1, -0.05) is 6.92 Å². The fourth-order valence-electron chi connectivity index (χ4n) is 2.57. The maximum Gasteiger partial charge on any atom is 0.323 e. The van der Waals surface area contributed by atoms with Crippen LogP contribution in [0.3, 0.4) is 0 Å². The monoisotopic (exact) mass is 374 g/mol. The molecular formula is C18H22N4O3S. The quantitative estimate of drug-likeness (QED) is 0.639. The number of aryl methyl sites for hydroxylation is 1. The molecule has 8 heteroatoms. The first-order chi connectivity index (χ1) is 12.5. The third kappa shape index (κ3) is 3.76.